The van der Waals surface area contributed by atoms with Crippen molar-refractivity contribution in [2.24, 2.45) is 0 Å². The number of methoxy groups -OCH3 is 4. The van der Waals surface area contributed by atoms with Crippen LogP contribution in [0.1, 0.15) is 11.1 Å². The van der Waals surface area contributed by atoms with Crippen LogP contribution in [0.4, 0.5) is 0 Å². The molecule has 0 heterocycles. The first-order chi connectivity index (χ1) is 11.7. The lowest BCUT2D eigenvalue weighted by atomic mass is 9.95. The second-order valence-electron chi connectivity index (χ2n) is 4.80. The van der Waals surface area contributed by atoms with Gasteiger partial charge in [0.1, 0.15) is 6.29 Å². The smallest absolute Gasteiger partial charge is 0.168 e. The van der Waals surface area contributed by atoms with Crippen LogP contribution in [0.15, 0.2) is 42.5 Å². The topological polar surface area (TPSA) is 54.0 Å². The van der Waals surface area contributed by atoms with E-state index in [1.54, 1.807) is 40.6 Å². The number of carbonyl (C=O) groups excluding carboxylic acids is 1. The number of allylic oxidation sites excluding steroid dienone is 1. The molecule has 0 amide bonds. The van der Waals surface area contributed by atoms with E-state index in [9.17, 15) is 4.79 Å². The van der Waals surface area contributed by atoms with Gasteiger partial charge in [-0.15, -0.1) is 0 Å². The maximum Gasteiger partial charge on any atom is 0.168 e. The maximum absolute atomic E-state index is 11.2. The number of rotatable bonds is 7. The number of hydrogen-bond acceptors (Lipinski definition) is 5. The summed E-state index contributed by atoms with van der Waals surface area (Å²) < 4.78 is 21.7. The van der Waals surface area contributed by atoms with Gasteiger partial charge in [0.05, 0.1) is 28.4 Å². The molecule has 2 aromatic carbocycles. The molecule has 0 atom stereocenters. The second kappa shape index (κ2) is 8.06. The van der Waals surface area contributed by atoms with E-state index in [0.717, 1.165) is 17.4 Å². The van der Waals surface area contributed by atoms with Gasteiger partial charge in [0.2, 0.25) is 0 Å². The van der Waals surface area contributed by atoms with E-state index in [-0.39, 0.29) is 0 Å². The highest BCUT2D eigenvalue weighted by Crippen LogP contribution is 2.42. The Morgan fingerprint density at radius 1 is 0.750 bits per heavy atom. The van der Waals surface area contributed by atoms with Gasteiger partial charge < -0.3 is 18.9 Å². The van der Waals surface area contributed by atoms with Crippen molar-refractivity contribution in [1.82, 2.24) is 0 Å². The van der Waals surface area contributed by atoms with Gasteiger partial charge in [-0.3, -0.25) is 4.79 Å². The van der Waals surface area contributed by atoms with Crippen LogP contribution in [0.5, 0.6) is 23.0 Å². The van der Waals surface area contributed by atoms with Gasteiger partial charge in [-0.25, -0.2) is 0 Å². The van der Waals surface area contributed by atoms with E-state index in [4.69, 9.17) is 18.9 Å². The SMILES string of the molecule is COc1cccc(C(=CC=O)c2cccc(OC)c2OC)c1OC. The molecule has 126 valence electrons. The average Bonchev–Trinajstić information content (AvgIpc) is 2.64. The lowest BCUT2D eigenvalue weighted by Crippen LogP contribution is -2.00. The average molecular weight is 328 g/mol. The molecular formula is C19H20O5. The summed E-state index contributed by atoms with van der Waals surface area (Å²) >= 11 is 0. The van der Waals surface area contributed by atoms with Crippen molar-refractivity contribution in [2.45, 2.75) is 0 Å². The zero-order valence-electron chi connectivity index (χ0n) is 14.2. The second-order valence-corrected chi connectivity index (χ2v) is 4.80. The molecule has 5 nitrogen and oxygen atoms in total. The Balaban J connectivity index is 2.74. The highest BCUT2D eigenvalue weighted by Gasteiger charge is 2.19. The van der Waals surface area contributed by atoms with Crippen LogP contribution in [0.3, 0.4) is 0 Å². The number of aldehydes is 1. The van der Waals surface area contributed by atoms with Crippen molar-refractivity contribution in [2.75, 3.05) is 28.4 Å². The Hall–Kier alpha value is -2.95. The maximum atomic E-state index is 11.2. The highest BCUT2D eigenvalue weighted by atomic mass is 16.5. The van der Waals surface area contributed by atoms with Gasteiger partial charge in [-0.05, 0) is 23.8 Å². The Bertz CT molecular complexity index is 692. The normalized spacial score (nSPS) is 9.83. The zero-order valence-corrected chi connectivity index (χ0v) is 14.2. The molecule has 0 saturated carbocycles. The predicted molar refractivity (Wildman–Crippen MR) is 92.2 cm³/mol. The number of hydrogen-bond donors (Lipinski definition) is 0. The van der Waals surface area contributed by atoms with Crippen LogP contribution >= 0.6 is 0 Å². The summed E-state index contributed by atoms with van der Waals surface area (Å²) in [5, 5.41) is 0. The van der Waals surface area contributed by atoms with Crippen LogP contribution in [-0.4, -0.2) is 34.7 Å². The van der Waals surface area contributed by atoms with E-state index < -0.39 is 0 Å². The molecule has 0 unspecified atom stereocenters. The molecule has 2 aromatic rings. The molecule has 0 bridgehead atoms. The van der Waals surface area contributed by atoms with E-state index in [1.165, 1.54) is 6.08 Å². The van der Waals surface area contributed by atoms with Gasteiger partial charge in [-0.2, -0.15) is 0 Å². The highest BCUT2D eigenvalue weighted by molar-refractivity contribution is 5.94. The summed E-state index contributed by atoms with van der Waals surface area (Å²) in [5.74, 6) is 2.23. The Morgan fingerprint density at radius 2 is 1.21 bits per heavy atom. The minimum absolute atomic E-state index is 0.540. The van der Waals surface area contributed by atoms with Crippen molar-refractivity contribution in [3.63, 3.8) is 0 Å². The number of carbonyl (C=O) groups is 1. The zero-order chi connectivity index (χ0) is 17.5. The third kappa shape index (κ3) is 3.20. The predicted octanol–water partition coefficient (Wildman–Crippen LogP) is 3.35. The molecule has 0 spiro atoms. The molecule has 0 aromatic heterocycles. The Kier molecular flexibility index (Phi) is 5.84. The van der Waals surface area contributed by atoms with Crippen molar-refractivity contribution < 1.29 is 23.7 Å². The quantitative estimate of drug-likeness (QED) is 0.576. The van der Waals surface area contributed by atoms with E-state index in [0.29, 0.717) is 28.6 Å². The Labute approximate surface area is 141 Å². The molecule has 0 N–H and O–H groups in total. The summed E-state index contributed by atoms with van der Waals surface area (Å²) in [6.45, 7) is 0. The fourth-order valence-electron chi connectivity index (χ4n) is 2.59. The molecule has 0 radical (unpaired) electrons. The van der Waals surface area contributed by atoms with Gasteiger partial charge >= 0.3 is 0 Å². The van der Waals surface area contributed by atoms with Crippen LogP contribution in [0, 0.1) is 0 Å². The summed E-state index contributed by atoms with van der Waals surface area (Å²) in [6.07, 6.45) is 2.20. The van der Waals surface area contributed by atoms with Gasteiger partial charge in [-0.1, -0.05) is 24.3 Å². The minimum atomic E-state index is 0.540. The third-order valence-electron chi connectivity index (χ3n) is 3.62. The first-order valence-electron chi connectivity index (χ1n) is 7.30. The van der Waals surface area contributed by atoms with E-state index >= 15 is 0 Å². The molecule has 0 aliphatic carbocycles. The number of ether oxygens (including phenoxy) is 4. The van der Waals surface area contributed by atoms with Crippen LogP contribution in [0.2, 0.25) is 0 Å². The van der Waals surface area contributed by atoms with Gasteiger partial charge in [0.25, 0.3) is 0 Å². The number of para-hydroxylation sites is 2. The first kappa shape index (κ1) is 17.4. The van der Waals surface area contributed by atoms with Crippen molar-refractivity contribution >= 4 is 11.9 Å². The lowest BCUT2D eigenvalue weighted by molar-refractivity contribution is -0.104. The van der Waals surface area contributed by atoms with Crippen molar-refractivity contribution in [3.05, 3.63) is 53.6 Å². The standard InChI is InChI=1S/C19H20O5/c1-21-16-9-5-7-14(18(16)23-3)13(11-12-20)15-8-6-10-17(22-2)19(15)24-4/h5-12H,1-4H3. The van der Waals surface area contributed by atoms with Crippen LogP contribution in [-0.2, 0) is 4.79 Å². The van der Waals surface area contributed by atoms with Gasteiger partial charge in [0.15, 0.2) is 23.0 Å². The summed E-state index contributed by atoms with van der Waals surface area (Å²) in [7, 11) is 6.25. The molecule has 24 heavy (non-hydrogen) atoms. The molecule has 5 heteroatoms. The summed E-state index contributed by atoms with van der Waals surface area (Å²) in [5.41, 5.74) is 2.09. The van der Waals surface area contributed by atoms with Crippen molar-refractivity contribution in [1.29, 1.82) is 0 Å². The third-order valence-corrected chi connectivity index (χ3v) is 3.62. The molecule has 0 saturated heterocycles. The molecular weight excluding hydrogens is 308 g/mol. The summed E-state index contributed by atoms with van der Waals surface area (Å²) in [4.78, 5) is 11.2. The molecule has 2 rings (SSSR count). The van der Waals surface area contributed by atoms with E-state index in [1.807, 2.05) is 24.3 Å². The fraction of sp³-hybridized carbons (Fsp3) is 0.211. The van der Waals surface area contributed by atoms with Crippen LogP contribution < -0.4 is 18.9 Å². The minimum Gasteiger partial charge on any atom is -0.493 e. The molecule has 0 aliphatic rings. The first-order valence-corrected chi connectivity index (χ1v) is 7.30. The lowest BCUT2D eigenvalue weighted by Gasteiger charge is -2.18. The largest absolute Gasteiger partial charge is 0.493 e. The summed E-state index contributed by atoms with van der Waals surface area (Å²) in [6, 6.07) is 11.0. The fourth-order valence-corrected chi connectivity index (χ4v) is 2.59. The molecule has 0 fully saturated rings. The Morgan fingerprint density at radius 3 is 1.54 bits per heavy atom. The monoisotopic (exact) mass is 328 g/mol. The van der Waals surface area contributed by atoms with Crippen molar-refractivity contribution in [3.8, 4) is 23.0 Å². The van der Waals surface area contributed by atoms with E-state index in [2.05, 4.69) is 0 Å². The molecule has 0 aliphatic heterocycles. The number of benzene rings is 2. The van der Waals surface area contributed by atoms with Gasteiger partial charge in [0, 0.05) is 11.1 Å². The van der Waals surface area contributed by atoms with Crippen LogP contribution in [0.25, 0.3) is 5.57 Å².